The number of fused-ring (bicyclic) bond motifs is 1. The lowest BCUT2D eigenvalue weighted by Gasteiger charge is -2.26. The third-order valence-electron chi connectivity index (χ3n) is 7.13. The smallest absolute Gasteiger partial charge is 0.166 e. The fraction of sp³-hybridized carbons (Fsp3) is 0.419. The maximum Gasteiger partial charge on any atom is 0.166 e. The first-order valence-corrected chi connectivity index (χ1v) is 12.7. The van der Waals surface area contributed by atoms with Crippen LogP contribution >= 0.6 is 0 Å². The standard InChI is InChI=1S/C31H33F3/c1-2-3-4-5-6-7-23-12-17-27(30(33)21-23)25-14-10-22(11-15-25)8-9-24-13-18-28-26(20-24)16-19-29(32)31(28)34/h12-13,16-22,25H,2-7,10-11,14-15H2,1H3. The van der Waals surface area contributed by atoms with Gasteiger partial charge in [-0.15, -0.1) is 0 Å². The Labute approximate surface area is 201 Å². The Morgan fingerprint density at radius 3 is 2.35 bits per heavy atom. The van der Waals surface area contributed by atoms with E-state index in [4.69, 9.17) is 0 Å². The molecule has 1 fully saturated rings. The summed E-state index contributed by atoms with van der Waals surface area (Å²) in [5, 5.41) is 0.921. The predicted octanol–water partition coefficient (Wildman–Crippen LogP) is 9.10. The average molecular weight is 463 g/mol. The van der Waals surface area contributed by atoms with Crippen molar-refractivity contribution in [2.24, 2.45) is 5.92 Å². The molecule has 0 atom stereocenters. The number of benzene rings is 3. The van der Waals surface area contributed by atoms with Crippen LogP contribution in [0.3, 0.4) is 0 Å². The molecule has 4 rings (SSSR count). The fourth-order valence-corrected chi connectivity index (χ4v) is 5.07. The highest BCUT2D eigenvalue weighted by Gasteiger charge is 2.23. The third-order valence-corrected chi connectivity index (χ3v) is 7.13. The largest absolute Gasteiger partial charge is 0.207 e. The molecule has 3 heteroatoms. The van der Waals surface area contributed by atoms with Crippen LogP contribution in [0, 0.1) is 35.2 Å². The summed E-state index contributed by atoms with van der Waals surface area (Å²) in [6, 6.07) is 13.7. The van der Waals surface area contributed by atoms with Crippen molar-refractivity contribution in [2.45, 2.75) is 77.0 Å². The Balaban J connectivity index is 1.32. The van der Waals surface area contributed by atoms with Crippen LogP contribution in [0.15, 0.2) is 48.5 Å². The quantitative estimate of drug-likeness (QED) is 0.243. The van der Waals surface area contributed by atoms with E-state index >= 15 is 0 Å². The molecule has 0 radical (unpaired) electrons. The van der Waals surface area contributed by atoms with E-state index in [9.17, 15) is 13.2 Å². The molecule has 0 aliphatic heterocycles. The van der Waals surface area contributed by atoms with Gasteiger partial charge < -0.3 is 0 Å². The third kappa shape index (κ3) is 6.03. The van der Waals surface area contributed by atoms with Gasteiger partial charge >= 0.3 is 0 Å². The molecule has 1 saturated carbocycles. The molecule has 0 saturated heterocycles. The van der Waals surface area contributed by atoms with Crippen molar-refractivity contribution in [3.05, 3.63) is 82.7 Å². The molecule has 0 unspecified atom stereocenters. The van der Waals surface area contributed by atoms with Gasteiger partial charge in [-0.3, -0.25) is 0 Å². The summed E-state index contributed by atoms with van der Waals surface area (Å²) in [6.45, 7) is 2.21. The zero-order valence-electron chi connectivity index (χ0n) is 20.0. The lowest BCUT2D eigenvalue weighted by atomic mass is 9.78. The molecule has 3 aromatic rings. The first-order valence-electron chi connectivity index (χ1n) is 12.7. The molecule has 0 heterocycles. The van der Waals surface area contributed by atoms with Gasteiger partial charge in [0.15, 0.2) is 11.6 Å². The molecule has 0 spiro atoms. The van der Waals surface area contributed by atoms with Gasteiger partial charge in [0.25, 0.3) is 0 Å². The zero-order chi connectivity index (χ0) is 23.9. The van der Waals surface area contributed by atoms with E-state index in [1.807, 2.05) is 6.07 Å². The van der Waals surface area contributed by atoms with E-state index in [-0.39, 0.29) is 23.0 Å². The van der Waals surface area contributed by atoms with Crippen LogP contribution in [0.5, 0.6) is 0 Å². The van der Waals surface area contributed by atoms with Gasteiger partial charge in [-0.2, -0.15) is 0 Å². The molecular formula is C31H33F3. The molecule has 0 aromatic heterocycles. The van der Waals surface area contributed by atoms with Gasteiger partial charge in [0.2, 0.25) is 0 Å². The summed E-state index contributed by atoms with van der Waals surface area (Å²) < 4.78 is 42.1. The maximum atomic E-state index is 14.8. The van der Waals surface area contributed by atoms with Gasteiger partial charge in [-0.1, -0.05) is 68.7 Å². The molecule has 0 nitrogen and oxygen atoms in total. The number of hydrogen-bond donors (Lipinski definition) is 0. The average Bonchev–Trinajstić information content (AvgIpc) is 2.85. The van der Waals surface area contributed by atoms with Gasteiger partial charge in [0, 0.05) is 16.9 Å². The van der Waals surface area contributed by atoms with E-state index in [0.29, 0.717) is 5.39 Å². The molecular weight excluding hydrogens is 429 g/mol. The number of rotatable bonds is 7. The van der Waals surface area contributed by atoms with Gasteiger partial charge in [0.05, 0.1) is 0 Å². The van der Waals surface area contributed by atoms with Crippen molar-refractivity contribution in [3.8, 4) is 11.8 Å². The first-order chi connectivity index (χ1) is 16.5. The molecule has 0 bridgehead atoms. The minimum Gasteiger partial charge on any atom is -0.207 e. The number of unbranched alkanes of at least 4 members (excludes halogenated alkanes) is 4. The van der Waals surface area contributed by atoms with Crippen molar-refractivity contribution in [1.29, 1.82) is 0 Å². The highest BCUT2D eigenvalue weighted by atomic mass is 19.2. The second kappa shape index (κ2) is 11.6. The lowest BCUT2D eigenvalue weighted by Crippen LogP contribution is -2.13. The summed E-state index contributed by atoms with van der Waals surface area (Å²) in [5.74, 6) is 5.39. The second-order valence-electron chi connectivity index (χ2n) is 9.64. The van der Waals surface area contributed by atoms with E-state index in [1.54, 1.807) is 30.3 Å². The Morgan fingerprint density at radius 1 is 0.794 bits per heavy atom. The lowest BCUT2D eigenvalue weighted by molar-refractivity contribution is 0.376. The van der Waals surface area contributed by atoms with E-state index < -0.39 is 11.6 Å². The minimum atomic E-state index is -0.837. The second-order valence-corrected chi connectivity index (χ2v) is 9.64. The Kier molecular flexibility index (Phi) is 8.33. The Morgan fingerprint density at radius 2 is 1.59 bits per heavy atom. The Hall–Kier alpha value is -2.73. The van der Waals surface area contributed by atoms with Gasteiger partial charge in [-0.25, -0.2) is 13.2 Å². The SMILES string of the molecule is CCCCCCCc1ccc(C2CCC(C#Cc3ccc4c(F)c(F)ccc4c3)CC2)c(F)c1. The normalized spacial score (nSPS) is 18.0. The predicted molar refractivity (Wildman–Crippen MR) is 134 cm³/mol. The van der Waals surface area contributed by atoms with Crippen molar-refractivity contribution >= 4 is 10.8 Å². The van der Waals surface area contributed by atoms with Crippen LogP contribution in [0.4, 0.5) is 13.2 Å². The maximum absolute atomic E-state index is 14.8. The first kappa shape index (κ1) is 24.4. The van der Waals surface area contributed by atoms with Crippen LogP contribution in [0.2, 0.25) is 0 Å². The minimum absolute atomic E-state index is 0.0552. The summed E-state index contributed by atoms with van der Waals surface area (Å²) in [6.07, 6.45) is 10.9. The van der Waals surface area contributed by atoms with Crippen LogP contribution in [0.25, 0.3) is 10.8 Å². The van der Waals surface area contributed by atoms with Crippen molar-refractivity contribution in [1.82, 2.24) is 0 Å². The summed E-state index contributed by atoms with van der Waals surface area (Å²) >= 11 is 0. The number of halogens is 3. The molecule has 1 aliphatic rings. The van der Waals surface area contributed by atoms with Crippen molar-refractivity contribution in [3.63, 3.8) is 0 Å². The summed E-state index contributed by atoms with van der Waals surface area (Å²) in [7, 11) is 0. The van der Waals surface area contributed by atoms with Gasteiger partial charge in [-0.05, 0) is 85.2 Å². The molecule has 1 aliphatic carbocycles. The van der Waals surface area contributed by atoms with Crippen LogP contribution < -0.4 is 0 Å². The van der Waals surface area contributed by atoms with E-state index in [0.717, 1.165) is 61.3 Å². The van der Waals surface area contributed by atoms with E-state index in [1.165, 1.54) is 25.7 Å². The molecule has 3 aromatic carbocycles. The van der Waals surface area contributed by atoms with Crippen LogP contribution in [-0.4, -0.2) is 0 Å². The summed E-state index contributed by atoms with van der Waals surface area (Å²) in [4.78, 5) is 0. The number of hydrogen-bond acceptors (Lipinski definition) is 0. The highest BCUT2D eigenvalue weighted by molar-refractivity contribution is 5.84. The molecule has 0 amide bonds. The van der Waals surface area contributed by atoms with Crippen molar-refractivity contribution < 1.29 is 13.2 Å². The van der Waals surface area contributed by atoms with E-state index in [2.05, 4.69) is 24.8 Å². The molecule has 0 N–H and O–H groups in total. The topological polar surface area (TPSA) is 0 Å². The Bertz CT molecular complexity index is 1180. The zero-order valence-corrected chi connectivity index (χ0v) is 20.0. The molecule has 178 valence electrons. The summed E-state index contributed by atoms with van der Waals surface area (Å²) in [5.41, 5.74) is 2.76. The fourth-order valence-electron chi connectivity index (χ4n) is 5.07. The van der Waals surface area contributed by atoms with Crippen LogP contribution in [0.1, 0.15) is 87.3 Å². The van der Waals surface area contributed by atoms with Crippen molar-refractivity contribution in [2.75, 3.05) is 0 Å². The monoisotopic (exact) mass is 462 g/mol. The number of aryl methyl sites for hydroxylation is 1. The highest BCUT2D eigenvalue weighted by Crippen LogP contribution is 2.37. The van der Waals surface area contributed by atoms with Crippen LogP contribution in [-0.2, 0) is 6.42 Å². The molecule has 34 heavy (non-hydrogen) atoms. The van der Waals surface area contributed by atoms with Gasteiger partial charge in [0.1, 0.15) is 5.82 Å².